The van der Waals surface area contributed by atoms with Crippen LogP contribution in [0.3, 0.4) is 0 Å². The van der Waals surface area contributed by atoms with Crippen molar-refractivity contribution in [3.8, 4) is 0 Å². The molecule has 0 aromatic carbocycles. The lowest BCUT2D eigenvalue weighted by atomic mass is 10.2. The number of nitrogens with zero attached hydrogens (tertiary/aromatic N) is 4. The van der Waals surface area contributed by atoms with E-state index in [0.717, 1.165) is 18.5 Å². The van der Waals surface area contributed by atoms with E-state index in [0.29, 0.717) is 23.1 Å². The molecule has 0 fully saturated rings. The van der Waals surface area contributed by atoms with Gasteiger partial charge < -0.3 is 4.98 Å². The molecular weight excluding hydrogens is 314 g/mol. The van der Waals surface area contributed by atoms with E-state index in [2.05, 4.69) is 15.1 Å². The highest BCUT2D eigenvalue weighted by Crippen LogP contribution is 2.12. The SMILES string of the molecule is CCCc1cc(=O)[nH]c(SCCn2nc3ccccn3c2=O)n1. The van der Waals surface area contributed by atoms with Gasteiger partial charge >= 0.3 is 5.69 Å². The molecule has 0 aliphatic carbocycles. The minimum Gasteiger partial charge on any atom is -0.301 e. The van der Waals surface area contributed by atoms with E-state index in [9.17, 15) is 9.59 Å². The van der Waals surface area contributed by atoms with Crippen LogP contribution in [0, 0.1) is 0 Å². The van der Waals surface area contributed by atoms with E-state index in [-0.39, 0.29) is 11.2 Å². The number of hydrogen-bond acceptors (Lipinski definition) is 5. The van der Waals surface area contributed by atoms with Gasteiger partial charge in [-0.15, -0.1) is 5.10 Å². The summed E-state index contributed by atoms with van der Waals surface area (Å²) in [7, 11) is 0. The molecule has 0 atom stereocenters. The minimum absolute atomic E-state index is 0.143. The number of thioether (sulfide) groups is 1. The fourth-order valence-electron chi connectivity index (χ4n) is 2.28. The van der Waals surface area contributed by atoms with Crippen molar-refractivity contribution in [3.63, 3.8) is 0 Å². The van der Waals surface area contributed by atoms with Crippen LogP contribution in [-0.2, 0) is 13.0 Å². The van der Waals surface area contributed by atoms with Gasteiger partial charge in [0.25, 0.3) is 5.56 Å². The van der Waals surface area contributed by atoms with Crippen molar-refractivity contribution in [3.05, 3.63) is 57.0 Å². The van der Waals surface area contributed by atoms with Crippen molar-refractivity contribution in [1.29, 1.82) is 0 Å². The molecule has 1 N–H and O–H groups in total. The molecule has 3 aromatic rings. The Morgan fingerprint density at radius 3 is 2.96 bits per heavy atom. The maximum atomic E-state index is 12.1. The van der Waals surface area contributed by atoms with Gasteiger partial charge in [0, 0.05) is 23.7 Å². The van der Waals surface area contributed by atoms with Crippen molar-refractivity contribution in [2.75, 3.05) is 5.75 Å². The topological polar surface area (TPSA) is 85.0 Å². The lowest BCUT2D eigenvalue weighted by Crippen LogP contribution is -2.22. The first-order chi connectivity index (χ1) is 11.2. The third-order valence-electron chi connectivity index (χ3n) is 3.31. The molecule has 0 aliphatic rings. The highest BCUT2D eigenvalue weighted by atomic mass is 32.2. The van der Waals surface area contributed by atoms with E-state index in [1.54, 1.807) is 18.3 Å². The van der Waals surface area contributed by atoms with Crippen LogP contribution in [0.1, 0.15) is 19.0 Å². The number of nitrogens with one attached hydrogen (secondary N) is 1. The number of rotatable bonds is 6. The van der Waals surface area contributed by atoms with Gasteiger partial charge in [-0.2, -0.15) is 0 Å². The smallest absolute Gasteiger partial charge is 0.301 e. The molecule has 3 heterocycles. The van der Waals surface area contributed by atoms with Gasteiger partial charge in [-0.05, 0) is 18.6 Å². The molecule has 0 aliphatic heterocycles. The zero-order valence-corrected chi connectivity index (χ0v) is 13.5. The minimum atomic E-state index is -0.164. The summed E-state index contributed by atoms with van der Waals surface area (Å²) in [5, 5.41) is 4.85. The number of aromatic nitrogens is 5. The molecule has 8 heteroatoms. The highest BCUT2D eigenvalue weighted by Gasteiger charge is 2.07. The van der Waals surface area contributed by atoms with E-state index < -0.39 is 0 Å². The summed E-state index contributed by atoms with van der Waals surface area (Å²) in [6.07, 6.45) is 3.42. The Kier molecular flexibility index (Phi) is 4.61. The third kappa shape index (κ3) is 3.53. The lowest BCUT2D eigenvalue weighted by Gasteiger charge is -2.03. The standard InChI is InChI=1S/C15H17N5O2S/c1-2-5-11-10-13(21)17-14(16-11)23-9-8-20-15(22)19-7-4-3-6-12(19)18-20/h3-4,6-7,10H,2,5,8-9H2,1H3,(H,16,17,21). The Balaban J connectivity index is 1.70. The van der Waals surface area contributed by atoms with Crippen molar-refractivity contribution >= 4 is 17.4 Å². The van der Waals surface area contributed by atoms with Crippen LogP contribution in [-0.4, -0.2) is 29.9 Å². The summed E-state index contributed by atoms with van der Waals surface area (Å²) in [6.45, 7) is 2.50. The molecule has 0 saturated carbocycles. The summed E-state index contributed by atoms with van der Waals surface area (Å²) >= 11 is 1.41. The van der Waals surface area contributed by atoms with Gasteiger partial charge in [0.05, 0.1) is 6.54 Å². The molecule has 0 saturated heterocycles. The summed E-state index contributed by atoms with van der Waals surface area (Å²) < 4.78 is 2.93. The second-order valence-corrected chi connectivity index (χ2v) is 6.16. The normalized spacial score (nSPS) is 11.2. The maximum absolute atomic E-state index is 12.1. The average Bonchev–Trinajstić information content (AvgIpc) is 2.84. The van der Waals surface area contributed by atoms with Gasteiger partial charge in [-0.1, -0.05) is 31.2 Å². The van der Waals surface area contributed by atoms with E-state index in [4.69, 9.17) is 0 Å². The number of H-pyrrole nitrogens is 1. The van der Waals surface area contributed by atoms with E-state index in [1.165, 1.54) is 26.9 Å². The first-order valence-corrected chi connectivity index (χ1v) is 8.43. The van der Waals surface area contributed by atoms with Crippen LogP contribution >= 0.6 is 11.8 Å². The van der Waals surface area contributed by atoms with Gasteiger partial charge in [-0.25, -0.2) is 14.5 Å². The van der Waals surface area contributed by atoms with Crippen LogP contribution < -0.4 is 11.2 Å². The van der Waals surface area contributed by atoms with Gasteiger partial charge in [0.15, 0.2) is 10.8 Å². The first kappa shape index (κ1) is 15.5. The van der Waals surface area contributed by atoms with Crippen molar-refractivity contribution in [2.24, 2.45) is 0 Å². The fraction of sp³-hybridized carbons (Fsp3) is 0.333. The maximum Gasteiger partial charge on any atom is 0.350 e. The molecule has 120 valence electrons. The monoisotopic (exact) mass is 331 g/mol. The van der Waals surface area contributed by atoms with Crippen LogP contribution in [0.15, 0.2) is 45.2 Å². The molecule has 3 aromatic heterocycles. The second-order valence-electron chi connectivity index (χ2n) is 5.07. The quantitative estimate of drug-likeness (QED) is 0.544. The summed E-state index contributed by atoms with van der Waals surface area (Å²) in [4.78, 5) is 30.9. The Hall–Kier alpha value is -2.35. The number of aromatic amines is 1. The number of pyridine rings is 1. The molecule has 0 unspecified atom stereocenters. The molecule has 0 amide bonds. The van der Waals surface area contributed by atoms with E-state index >= 15 is 0 Å². The third-order valence-corrected chi connectivity index (χ3v) is 4.16. The highest BCUT2D eigenvalue weighted by molar-refractivity contribution is 7.99. The first-order valence-electron chi connectivity index (χ1n) is 7.44. The molecule has 0 radical (unpaired) electrons. The number of hydrogen-bond donors (Lipinski definition) is 1. The molecule has 3 rings (SSSR count). The fourth-order valence-corrected chi connectivity index (χ4v) is 3.09. The Bertz CT molecular complexity index is 927. The zero-order chi connectivity index (χ0) is 16.2. The van der Waals surface area contributed by atoms with Crippen molar-refractivity contribution in [2.45, 2.75) is 31.5 Å². The van der Waals surface area contributed by atoms with Crippen LogP contribution in [0.5, 0.6) is 0 Å². The van der Waals surface area contributed by atoms with Crippen molar-refractivity contribution < 1.29 is 0 Å². The van der Waals surface area contributed by atoms with Crippen molar-refractivity contribution in [1.82, 2.24) is 24.1 Å². The van der Waals surface area contributed by atoms with Crippen LogP contribution in [0.25, 0.3) is 5.65 Å². The zero-order valence-electron chi connectivity index (χ0n) is 12.7. The molecular formula is C15H17N5O2S. The predicted molar refractivity (Wildman–Crippen MR) is 89.0 cm³/mol. The van der Waals surface area contributed by atoms with E-state index in [1.807, 2.05) is 13.0 Å². The Labute approximate surface area is 136 Å². The Morgan fingerprint density at radius 2 is 2.17 bits per heavy atom. The molecule has 0 spiro atoms. The largest absolute Gasteiger partial charge is 0.350 e. The summed E-state index contributed by atoms with van der Waals surface area (Å²) in [6, 6.07) is 6.95. The van der Waals surface area contributed by atoms with Gasteiger partial charge in [0.1, 0.15) is 0 Å². The van der Waals surface area contributed by atoms with Gasteiger partial charge in [-0.3, -0.25) is 9.20 Å². The average molecular weight is 331 g/mol. The lowest BCUT2D eigenvalue weighted by molar-refractivity contribution is 0.639. The molecule has 23 heavy (non-hydrogen) atoms. The summed E-state index contributed by atoms with van der Waals surface area (Å²) in [5.41, 5.74) is 1.11. The molecule has 0 bridgehead atoms. The number of fused-ring (bicyclic) bond motifs is 1. The predicted octanol–water partition coefficient (Wildman–Crippen LogP) is 1.32. The Morgan fingerprint density at radius 1 is 1.30 bits per heavy atom. The second kappa shape index (κ2) is 6.82. The van der Waals surface area contributed by atoms with Crippen LogP contribution in [0.2, 0.25) is 0 Å². The number of aryl methyl sites for hydroxylation is 2. The summed E-state index contributed by atoms with van der Waals surface area (Å²) in [5.74, 6) is 0.600. The molecule has 7 nitrogen and oxygen atoms in total. The van der Waals surface area contributed by atoms with Gasteiger partial charge in [0.2, 0.25) is 0 Å². The van der Waals surface area contributed by atoms with Crippen LogP contribution in [0.4, 0.5) is 0 Å².